The van der Waals surface area contributed by atoms with Crippen LogP contribution < -0.4 is 5.73 Å². The van der Waals surface area contributed by atoms with Crippen molar-refractivity contribution in [2.24, 2.45) is 11.7 Å². The minimum atomic E-state index is 0.264. The number of aromatic nitrogens is 3. The standard InChI is InChI=1S/C16H27N5/c1-11(2)15(17)6-7-20(5)9-14-10-21-13(4)8-12(3)18-16(21)19-14/h8,10-11,15H,6-7,9,17H2,1-5H3. The minimum Gasteiger partial charge on any atom is -0.327 e. The normalized spacial score (nSPS) is 13.5. The van der Waals surface area contributed by atoms with Crippen LogP contribution in [-0.2, 0) is 6.54 Å². The summed E-state index contributed by atoms with van der Waals surface area (Å²) >= 11 is 0. The van der Waals surface area contributed by atoms with Crippen LogP contribution in [0.15, 0.2) is 12.3 Å². The molecule has 0 aromatic carbocycles. The lowest BCUT2D eigenvalue weighted by molar-refractivity contribution is 0.294. The fourth-order valence-electron chi connectivity index (χ4n) is 2.45. The Morgan fingerprint density at radius 2 is 2.00 bits per heavy atom. The Bertz CT molecular complexity index is 602. The van der Waals surface area contributed by atoms with Gasteiger partial charge in [-0.25, -0.2) is 9.97 Å². The Hall–Kier alpha value is -1.46. The lowest BCUT2D eigenvalue weighted by Crippen LogP contribution is -2.31. The molecule has 5 nitrogen and oxygen atoms in total. The highest BCUT2D eigenvalue weighted by Crippen LogP contribution is 2.10. The molecule has 21 heavy (non-hydrogen) atoms. The quantitative estimate of drug-likeness (QED) is 0.885. The molecule has 116 valence electrons. The van der Waals surface area contributed by atoms with Gasteiger partial charge in [-0.1, -0.05) is 13.8 Å². The predicted octanol–water partition coefficient (Wildman–Crippen LogP) is 2.15. The van der Waals surface area contributed by atoms with E-state index in [2.05, 4.69) is 59.4 Å². The van der Waals surface area contributed by atoms with Gasteiger partial charge in [-0.3, -0.25) is 4.40 Å². The first-order chi connectivity index (χ1) is 9.86. The van der Waals surface area contributed by atoms with Crippen molar-refractivity contribution in [3.63, 3.8) is 0 Å². The van der Waals surface area contributed by atoms with E-state index in [0.29, 0.717) is 5.92 Å². The number of nitrogens with zero attached hydrogens (tertiary/aromatic N) is 4. The number of fused-ring (bicyclic) bond motifs is 1. The van der Waals surface area contributed by atoms with Crippen molar-refractivity contribution < 1.29 is 0 Å². The van der Waals surface area contributed by atoms with Crippen LogP contribution in [0.1, 0.15) is 37.4 Å². The Labute approximate surface area is 127 Å². The number of imidazole rings is 1. The lowest BCUT2D eigenvalue weighted by Gasteiger charge is -2.20. The monoisotopic (exact) mass is 289 g/mol. The summed E-state index contributed by atoms with van der Waals surface area (Å²) in [6, 6.07) is 2.34. The molecule has 2 rings (SSSR count). The molecule has 2 aromatic heterocycles. The second-order valence-electron chi connectivity index (χ2n) is 6.38. The number of rotatable bonds is 6. The summed E-state index contributed by atoms with van der Waals surface area (Å²) in [6.45, 7) is 10.2. The molecule has 0 aliphatic carbocycles. The largest absolute Gasteiger partial charge is 0.327 e. The Morgan fingerprint density at radius 3 is 2.67 bits per heavy atom. The van der Waals surface area contributed by atoms with E-state index in [9.17, 15) is 0 Å². The topological polar surface area (TPSA) is 59.5 Å². The maximum absolute atomic E-state index is 6.10. The van der Waals surface area contributed by atoms with E-state index in [-0.39, 0.29) is 6.04 Å². The summed E-state index contributed by atoms with van der Waals surface area (Å²) in [7, 11) is 2.11. The van der Waals surface area contributed by atoms with Crippen molar-refractivity contribution in [2.75, 3.05) is 13.6 Å². The van der Waals surface area contributed by atoms with Crippen molar-refractivity contribution in [1.29, 1.82) is 0 Å². The molecule has 1 unspecified atom stereocenters. The van der Waals surface area contributed by atoms with Gasteiger partial charge >= 0.3 is 0 Å². The molecule has 0 bridgehead atoms. The minimum absolute atomic E-state index is 0.264. The zero-order valence-electron chi connectivity index (χ0n) is 13.8. The van der Waals surface area contributed by atoms with Crippen LogP contribution in [0.5, 0.6) is 0 Å². The number of aryl methyl sites for hydroxylation is 2. The molecule has 0 saturated heterocycles. The average molecular weight is 289 g/mol. The van der Waals surface area contributed by atoms with E-state index < -0.39 is 0 Å². The fraction of sp³-hybridized carbons (Fsp3) is 0.625. The summed E-state index contributed by atoms with van der Waals surface area (Å²) in [5.41, 5.74) is 9.33. The summed E-state index contributed by atoms with van der Waals surface area (Å²) in [5, 5.41) is 0. The molecule has 0 radical (unpaired) electrons. The SMILES string of the molecule is Cc1cc(C)n2cc(CN(C)CCC(N)C(C)C)nc2n1. The van der Waals surface area contributed by atoms with E-state index in [4.69, 9.17) is 5.73 Å². The fourth-order valence-corrected chi connectivity index (χ4v) is 2.45. The Morgan fingerprint density at radius 1 is 1.29 bits per heavy atom. The summed E-state index contributed by atoms with van der Waals surface area (Å²) < 4.78 is 2.05. The van der Waals surface area contributed by atoms with Gasteiger partial charge in [0.05, 0.1) is 5.69 Å². The third-order valence-electron chi connectivity index (χ3n) is 3.94. The molecular formula is C16H27N5. The van der Waals surface area contributed by atoms with Crippen LogP contribution in [0.25, 0.3) is 5.78 Å². The molecule has 0 spiro atoms. The third kappa shape index (κ3) is 4.02. The van der Waals surface area contributed by atoms with Crippen LogP contribution in [0, 0.1) is 19.8 Å². The van der Waals surface area contributed by atoms with E-state index in [1.165, 1.54) is 5.69 Å². The molecule has 0 aliphatic rings. The molecule has 2 aromatic rings. The van der Waals surface area contributed by atoms with E-state index in [0.717, 1.165) is 36.7 Å². The molecule has 0 fully saturated rings. The van der Waals surface area contributed by atoms with Gasteiger partial charge in [-0.2, -0.15) is 0 Å². The summed E-state index contributed by atoms with van der Waals surface area (Å²) in [6.07, 6.45) is 3.09. The van der Waals surface area contributed by atoms with Crippen LogP contribution in [-0.4, -0.2) is 38.9 Å². The zero-order valence-corrected chi connectivity index (χ0v) is 13.8. The van der Waals surface area contributed by atoms with Gasteiger partial charge in [0, 0.05) is 30.2 Å². The van der Waals surface area contributed by atoms with E-state index in [1.54, 1.807) is 0 Å². The van der Waals surface area contributed by atoms with Gasteiger partial charge in [-0.15, -0.1) is 0 Å². The molecule has 0 amide bonds. The maximum atomic E-state index is 6.10. The summed E-state index contributed by atoms with van der Waals surface area (Å²) in [4.78, 5) is 11.4. The first kappa shape index (κ1) is 15.9. The van der Waals surface area contributed by atoms with Gasteiger partial charge in [0.25, 0.3) is 0 Å². The smallest absolute Gasteiger partial charge is 0.234 e. The van der Waals surface area contributed by atoms with Crippen molar-refractivity contribution in [3.8, 4) is 0 Å². The highest BCUT2D eigenvalue weighted by Gasteiger charge is 2.11. The van der Waals surface area contributed by atoms with E-state index in [1.807, 2.05) is 6.92 Å². The van der Waals surface area contributed by atoms with Gasteiger partial charge < -0.3 is 10.6 Å². The summed E-state index contributed by atoms with van der Waals surface area (Å²) in [5.74, 6) is 1.32. The first-order valence-electron chi connectivity index (χ1n) is 7.63. The molecule has 2 N–H and O–H groups in total. The molecule has 5 heteroatoms. The molecule has 0 aliphatic heterocycles. The second kappa shape index (κ2) is 6.54. The third-order valence-corrected chi connectivity index (χ3v) is 3.94. The van der Waals surface area contributed by atoms with Crippen LogP contribution in [0.4, 0.5) is 0 Å². The highest BCUT2D eigenvalue weighted by atomic mass is 15.1. The first-order valence-corrected chi connectivity index (χ1v) is 7.63. The van der Waals surface area contributed by atoms with Gasteiger partial charge in [0.2, 0.25) is 5.78 Å². The van der Waals surface area contributed by atoms with E-state index >= 15 is 0 Å². The average Bonchev–Trinajstić information content (AvgIpc) is 2.78. The Kier molecular flexibility index (Phi) is 4.96. The van der Waals surface area contributed by atoms with Gasteiger partial charge in [0.15, 0.2) is 0 Å². The van der Waals surface area contributed by atoms with Crippen LogP contribution in [0.3, 0.4) is 0 Å². The predicted molar refractivity (Wildman–Crippen MR) is 86.2 cm³/mol. The van der Waals surface area contributed by atoms with Crippen molar-refractivity contribution in [1.82, 2.24) is 19.3 Å². The van der Waals surface area contributed by atoms with Gasteiger partial charge in [-0.05, 0) is 45.8 Å². The van der Waals surface area contributed by atoms with Crippen molar-refractivity contribution >= 4 is 5.78 Å². The van der Waals surface area contributed by atoms with Gasteiger partial charge in [0.1, 0.15) is 0 Å². The number of nitrogens with two attached hydrogens (primary N) is 1. The lowest BCUT2D eigenvalue weighted by atomic mass is 10.0. The van der Waals surface area contributed by atoms with Crippen LogP contribution >= 0.6 is 0 Å². The number of hydrogen-bond acceptors (Lipinski definition) is 4. The zero-order chi connectivity index (χ0) is 15.6. The molecule has 2 heterocycles. The van der Waals surface area contributed by atoms with Crippen LogP contribution in [0.2, 0.25) is 0 Å². The highest BCUT2D eigenvalue weighted by molar-refractivity contribution is 5.34. The number of hydrogen-bond donors (Lipinski definition) is 1. The molecule has 1 atom stereocenters. The maximum Gasteiger partial charge on any atom is 0.234 e. The second-order valence-corrected chi connectivity index (χ2v) is 6.38. The molecule has 0 saturated carbocycles. The van der Waals surface area contributed by atoms with Crippen molar-refractivity contribution in [2.45, 2.75) is 46.7 Å². The van der Waals surface area contributed by atoms with Crippen molar-refractivity contribution in [3.05, 3.63) is 29.3 Å². The Balaban J connectivity index is 2.01. The molecular weight excluding hydrogens is 262 g/mol.